The van der Waals surface area contributed by atoms with Crippen molar-refractivity contribution in [1.29, 1.82) is 0 Å². The topological polar surface area (TPSA) is 101 Å². The van der Waals surface area contributed by atoms with Crippen molar-refractivity contribution in [3.63, 3.8) is 0 Å². The Labute approximate surface area is 162 Å². The molecule has 2 heterocycles. The van der Waals surface area contributed by atoms with Crippen LogP contribution < -0.4 is 10.9 Å². The summed E-state index contributed by atoms with van der Waals surface area (Å²) in [6.45, 7) is 1.64. The number of fused-ring (bicyclic) bond motifs is 1. The average Bonchev–Trinajstić information content (AvgIpc) is 2.62. The number of aromatic nitrogens is 2. The lowest BCUT2D eigenvalue weighted by atomic mass is 10.1. The van der Waals surface area contributed by atoms with E-state index in [1.54, 1.807) is 6.07 Å². The smallest absolute Gasteiger partial charge is 0.323 e. The molecule has 7 nitrogen and oxygen atoms in total. The summed E-state index contributed by atoms with van der Waals surface area (Å²) >= 11 is 3.29. The molecule has 0 aliphatic carbocycles. The highest BCUT2D eigenvalue weighted by molar-refractivity contribution is 9.10. The molecule has 27 heavy (non-hydrogen) atoms. The Morgan fingerprint density at radius 1 is 1.22 bits per heavy atom. The van der Waals surface area contributed by atoms with Gasteiger partial charge in [0.1, 0.15) is 17.8 Å². The Kier molecular flexibility index (Phi) is 5.36. The largest absolute Gasteiger partial charge is 0.480 e. The van der Waals surface area contributed by atoms with Crippen LogP contribution in [0.3, 0.4) is 0 Å². The number of carbonyl (C=O) groups is 2. The average molecular weight is 430 g/mol. The van der Waals surface area contributed by atoms with E-state index < -0.39 is 24.0 Å². The van der Waals surface area contributed by atoms with Crippen LogP contribution in [0.2, 0.25) is 0 Å². The number of hydrogen-bond acceptors (Lipinski definition) is 4. The number of rotatable bonds is 5. The second kappa shape index (κ2) is 7.71. The molecule has 3 rings (SSSR count). The number of pyridine rings is 2. The third-order valence-electron chi connectivity index (χ3n) is 4.00. The minimum Gasteiger partial charge on any atom is -0.480 e. The van der Waals surface area contributed by atoms with Crippen LogP contribution in [0.25, 0.3) is 11.0 Å². The normalized spacial score (nSPS) is 10.7. The fourth-order valence-electron chi connectivity index (χ4n) is 2.67. The minimum atomic E-state index is -1.19. The molecule has 0 unspecified atom stereocenters. The molecule has 8 heteroatoms. The van der Waals surface area contributed by atoms with Crippen LogP contribution in [-0.4, -0.2) is 26.5 Å². The number of carboxylic acids is 1. The molecule has 0 radical (unpaired) electrons. The van der Waals surface area contributed by atoms with Gasteiger partial charge in [0, 0.05) is 22.6 Å². The molecular formula is C19H16BrN3O4. The Morgan fingerprint density at radius 3 is 2.59 bits per heavy atom. The van der Waals surface area contributed by atoms with Crippen molar-refractivity contribution in [3.05, 3.63) is 74.1 Å². The first-order valence-corrected chi connectivity index (χ1v) is 8.89. The number of benzene rings is 1. The van der Waals surface area contributed by atoms with Crippen molar-refractivity contribution in [2.24, 2.45) is 0 Å². The van der Waals surface area contributed by atoms with Gasteiger partial charge in [-0.1, -0.05) is 29.8 Å². The van der Waals surface area contributed by atoms with Gasteiger partial charge < -0.3 is 10.4 Å². The summed E-state index contributed by atoms with van der Waals surface area (Å²) in [5.41, 5.74) is 1.39. The number of amides is 1. The maximum atomic E-state index is 12.7. The van der Waals surface area contributed by atoms with E-state index in [1.165, 1.54) is 12.3 Å². The third kappa shape index (κ3) is 4.22. The van der Waals surface area contributed by atoms with Crippen molar-refractivity contribution >= 4 is 38.8 Å². The highest BCUT2D eigenvalue weighted by atomic mass is 79.9. The fourth-order valence-corrected chi connectivity index (χ4v) is 3.02. The van der Waals surface area contributed by atoms with Gasteiger partial charge in [-0.15, -0.1) is 0 Å². The second-order valence-corrected chi connectivity index (χ2v) is 6.99. The van der Waals surface area contributed by atoms with Crippen LogP contribution in [-0.2, 0) is 17.9 Å². The molecule has 0 aliphatic rings. The number of nitrogens with one attached hydrogen (secondary N) is 1. The molecule has 0 bridgehead atoms. The number of aliphatic carboxylic acids is 1. The van der Waals surface area contributed by atoms with E-state index in [2.05, 4.69) is 26.2 Å². The molecule has 2 N–H and O–H groups in total. The van der Waals surface area contributed by atoms with Crippen LogP contribution in [0.5, 0.6) is 0 Å². The quantitative estimate of drug-likeness (QED) is 0.648. The van der Waals surface area contributed by atoms with E-state index in [0.717, 1.165) is 15.7 Å². The first-order valence-electron chi connectivity index (χ1n) is 8.10. The van der Waals surface area contributed by atoms with E-state index in [-0.39, 0.29) is 17.8 Å². The highest BCUT2D eigenvalue weighted by Crippen LogP contribution is 2.17. The monoisotopic (exact) mass is 429 g/mol. The van der Waals surface area contributed by atoms with Crippen molar-refractivity contribution < 1.29 is 14.7 Å². The highest BCUT2D eigenvalue weighted by Gasteiger charge is 2.18. The van der Waals surface area contributed by atoms with Crippen LogP contribution in [0, 0.1) is 6.92 Å². The number of carboxylic acid groups (broad SMARTS) is 1. The van der Waals surface area contributed by atoms with Gasteiger partial charge in [0.15, 0.2) is 0 Å². The summed E-state index contributed by atoms with van der Waals surface area (Å²) in [5, 5.41) is 12.3. The van der Waals surface area contributed by atoms with E-state index in [1.807, 2.05) is 31.2 Å². The van der Waals surface area contributed by atoms with Gasteiger partial charge in [-0.3, -0.25) is 19.0 Å². The zero-order valence-electron chi connectivity index (χ0n) is 14.4. The first-order chi connectivity index (χ1) is 12.8. The molecular weight excluding hydrogens is 414 g/mol. The van der Waals surface area contributed by atoms with Crippen molar-refractivity contribution in [1.82, 2.24) is 14.9 Å². The zero-order chi connectivity index (χ0) is 19.6. The number of carbonyl (C=O) groups excluding carboxylic acids is 1. The molecule has 0 spiro atoms. The predicted molar refractivity (Wildman–Crippen MR) is 104 cm³/mol. The van der Waals surface area contributed by atoms with Crippen LogP contribution in [0.1, 0.15) is 21.5 Å². The molecule has 0 fully saturated rings. The van der Waals surface area contributed by atoms with Gasteiger partial charge >= 0.3 is 5.97 Å². The predicted octanol–water partition coefficient (Wildman–Crippen LogP) is 2.48. The summed E-state index contributed by atoms with van der Waals surface area (Å²) in [7, 11) is 0. The number of hydrogen-bond donors (Lipinski definition) is 2. The van der Waals surface area contributed by atoms with Gasteiger partial charge in [0.25, 0.3) is 11.5 Å². The van der Waals surface area contributed by atoms with Gasteiger partial charge in [0.05, 0.1) is 0 Å². The number of nitrogens with zero attached hydrogens (tertiary/aromatic N) is 2. The second-order valence-electron chi connectivity index (χ2n) is 6.08. The Morgan fingerprint density at radius 2 is 1.93 bits per heavy atom. The van der Waals surface area contributed by atoms with Crippen LogP contribution >= 0.6 is 15.9 Å². The molecule has 0 atom stereocenters. The standard InChI is InChI=1S/C19H16BrN3O4/c1-11-2-4-12(5-3-11)8-22-18(26)15-7-13-6-14(20)9-21-17(13)23(19(15)27)10-16(24)25/h2-7,9H,8,10H2,1H3,(H,22,26)(H,24,25). The molecule has 138 valence electrons. The molecule has 0 aliphatic heterocycles. The molecule has 0 saturated heterocycles. The summed E-state index contributed by atoms with van der Waals surface area (Å²) in [6, 6.07) is 10.7. The summed E-state index contributed by atoms with van der Waals surface area (Å²) in [5.74, 6) is -1.76. The van der Waals surface area contributed by atoms with Gasteiger partial charge in [-0.2, -0.15) is 0 Å². The first kappa shape index (κ1) is 18.8. The summed E-state index contributed by atoms with van der Waals surface area (Å²) < 4.78 is 1.65. The number of aryl methyl sites for hydroxylation is 1. The summed E-state index contributed by atoms with van der Waals surface area (Å²) in [6.07, 6.45) is 1.47. The maximum absolute atomic E-state index is 12.7. The van der Waals surface area contributed by atoms with Crippen molar-refractivity contribution in [2.45, 2.75) is 20.0 Å². The molecule has 1 aromatic carbocycles. The minimum absolute atomic E-state index is 0.129. The summed E-state index contributed by atoms with van der Waals surface area (Å²) in [4.78, 5) is 40.5. The molecule has 1 amide bonds. The SMILES string of the molecule is Cc1ccc(CNC(=O)c2cc3cc(Br)cnc3n(CC(=O)O)c2=O)cc1. The molecule has 3 aromatic rings. The van der Waals surface area contributed by atoms with Gasteiger partial charge in [-0.25, -0.2) is 4.98 Å². The van der Waals surface area contributed by atoms with Crippen molar-refractivity contribution in [3.8, 4) is 0 Å². The van der Waals surface area contributed by atoms with E-state index in [4.69, 9.17) is 5.11 Å². The lowest BCUT2D eigenvalue weighted by molar-refractivity contribution is -0.137. The van der Waals surface area contributed by atoms with E-state index in [0.29, 0.717) is 9.86 Å². The lowest BCUT2D eigenvalue weighted by Crippen LogP contribution is -2.34. The Hall–Kier alpha value is -3.00. The van der Waals surface area contributed by atoms with E-state index in [9.17, 15) is 14.4 Å². The van der Waals surface area contributed by atoms with Gasteiger partial charge in [0.2, 0.25) is 0 Å². The Bertz CT molecular complexity index is 1090. The fraction of sp³-hybridized carbons (Fsp3) is 0.158. The Balaban J connectivity index is 1.98. The maximum Gasteiger partial charge on any atom is 0.323 e. The van der Waals surface area contributed by atoms with Crippen molar-refractivity contribution in [2.75, 3.05) is 0 Å². The van der Waals surface area contributed by atoms with Crippen LogP contribution in [0.4, 0.5) is 0 Å². The van der Waals surface area contributed by atoms with Crippen LogP contribution in [0.15, 0.2) is 51.9 Å². The molecule has 0 saturated carbocycles. The third-order valence-corrected chi connectivity index (χ3v) is 4.44. The lowest BCUT2D eigenvalue weighted by Gasteiger charge is -2.11. The number of halogens is 1. The molecule has 2 aromatic heterocycles. The van der Waals surface area contributed by atoms with Gasteiger partial charge in [-0.05, 0) is 40.5 Å². The zero-order valence-corrected chi connectivity index (χ0v) is 16.0. The van der Waals surface area contributed by atoms with E-state index >= 15 is 0 Å².